The predicted molar refractivity (Wildman–Crippen MR) is 108 cm³/mol. The molecule has 0 unspecified atom stereocenters. The topological polar surface area (TPSA) is 23.8 Å². The summed E-state index contributed by atoms with van der Waals surface area (Å²) in [6.45, 7) is 4.28. The number of nitriles is 1. The molecule has 1 aliphatic rings. The summed E-state index contributed by atoms with van der Waals surface area (Å²) in [6, 6.07) is 17.4. The quantitative estimate of drug-likeness (QED) is 0.615. The summed E-state index contributed by atoms with van der Waals surface area (Å²) in [5.74, 6) is 7.95. The van der Waals surface area contributed by atoms with Crippen molar-refractivity contribution in [3.63, 3.8) is 0 Å². The smallest absolute Gasteiger partial charge is 0.0994 e. The molecule has 0 bridgehead atoms. The Morgan fingerprint density at radius 3 is 2.38 bits per heavy atom. The lowest BCUT2D eigenvalue weighted by atomic mass is 9.79. The molecule has 2 aromatic rings. The number of nitrogens with zero attached hydrogens (tertiary/aromatic N) is 1. The molecule has 0 N–H and O–H groups in total. The van der Waals surface area contributed by atoms with Gasteiger partial charge in [-0.05, 0) is 68.2 Å². The van der Waals surface area contributed by atoms with Crippen molar-refractivity contribution in [1.29, 1.82) is 5.26 Å². The molecular weight excluding hydrogens is 314 g/mol. The van der Waals surface area contributed by atoms with Crippen LogP contribution in [0.5, 0.6) is 0 Å². The van der Waals surface area contributed by atoms with Crippen LogP contribution in [0.1, 0.15) is 72.8 Å². The molecule has 1 saturated carbocycles. The first kappa shape index (κ1) is 18.3. The number of hydrogen-bond acceptors (Lipinski definition) is 1. The molecule has 0 saturated heterocycles. The van der Waals surface area contributed by atoms with Gasteiger partial charge in [0.15, 0.2) is 0 Å². The normalized spacial score (nSPS) is 19.3. The van der Waals surface area contributed by atoms with Crippen LogP contribution in [0.3, 0.4) is 0 Å². The molecule has 2 aromatic carbocycles. The molecule has 1 nitrogen and oxygen atoms in total. The zero-order chi connectivity index (χ0) is 18.4. The lowest BCUT2D eigenvalue weighted by Crippen LogP contribution is -2.12. The molecule has 0 radical (unpaired) electrons. The minimum atomic E-state index is 0.484. The van der Waals surface area contributed by atoms with E-state index in [-0.39, 0.29) is 0 Å². The maximum absolute atomic E-state index is 9.34. The van der Waals surface area contributed by atoms with Gasteiger partial charge in [-0.1, -0.05) is 61.1 Å². The predicted octanol–water partition coefficient (Wildman–Crippen LogP) is 6.14. The van der Waals surface area contributed by atoms with Gasteiger partial charge in [-0.2, -0.15) is 5.26 Å². The summed E-state index contributed by atoms with van der Waals surface area (Å²) >= 11 is 0. The van der Waals surface area contributed by atoms with Crippen molar-refractivity contribution in [3.8, 4) is 17.9 Å². The third-order valence-electron chi connectivity index (χ3n) is 5.45. The van der Waals surface area contributed by atoms with Gasteiger partial charge in [-0.15, -0.1) is 0 Å². The first-order valence-corrected chi connectivity index (χ1v) is 9.80. The number of hydrogen-bond donors (Lipinski definition) is 0. The third-order valence-corrected chi connectivity index (χ3v) is 5.45. The highest BCUT2D eigenvalue weighted by Crippen LogP contribution is 2.35. The molecule has 0 heterocycles. The van der Waals surface area contributed by atoms with Gasteiger partial charge in [0.05, 0.1) is 11.6 Å². The van der Waals surface area contributed by atoms with Gasteiger partial charge in [0.25, 0.3) is 0 Å². The van der Waals surface area contributed by atoms with Gasteiger partial charge >= 0.3 is 0 Å². The Morgan fingerprint density at radius 1 is 1.00 bits per heavy atom. The standard InChI is InChI=1S/C25H27N/c1-3-4-22-16-11-21(17-25(22)18-26)8-7-20-9-14-24(15-10-20)23-12-5-19(2)6-13-23/h5-6,11-13,16-17,20,24H,3-4,9-10,14-15H2,1-2H3. The van der Waals surface area contributed by atoms with Crippen molar-refractivity contribution in [2.24, 2.45) is 5.92 Å². The Morgan fingerprint density at radius 2 is 1.73 bits per heavy atom. The van der Waals surface area contributed by atoms with E-state index >= 15 is 0 Å². The Kier molecular flexibility index (Phi) is 6.14. The summed E-state index contributed by atoms with van der Waals surface area (Å²) in [4.78, 5) is 0. The van der Waals surface area contributed by atoms with Crippen LogP contribution in [-0.2, 0) is 6.42 Å². The summed E-state index contributed by atoms with van der Waals surface area (Å²) in [6.07, 6.45) is 6.81. The maximum Gasteiger partial charge on any atom is 0.0994 e. The highest BCUT2D eigenvalue weighted by atomic mass is 14.3. The number of aryl methyl sites for hydroxylation is 2. The second kappa shape index (κ2) is 8.73. The van der Waals surface area contributed by atoms with E-state index in [0.29, 0.717) is 11.8 Å². The molecule has 0 atom stereocenters. The first-order valence-electron chi connectivity index (χ1n) is 9.80. The molecule has 0 aliphatic heterocycles. The van der Waals surface area contributed by atoms with Gasteiger partial charge in [0.1, 0.15) is 0 Å². The molecule has 1 fully saturated rings. The van der Waals surface area contributed by atoms with Gasteiger partial charge in [0, 0.05) is 11.5 Å². The van der Waals surface area contributed by atoms with Crippen LogP contribution in [0.25, 0.3) is 0 Å². The molecule has 0 amide bonds. The molecule has 26 heavy (non-hydrogen) atoms. The van der Waals surface area contributed by atoms with E-state index in [1.54, 1.807) is 0 Å². The van der Waals surface area contributed by atoms with E-state index in [0.717, 1.165) is 29.5 Å². The lowest BCUT2D eigenvalue weighted by molar-refractivity contribution is 0.384. The van der Waals surface area contributed by atoms with Crippen LogP contribution < -0.4 is 0 Å². The summed E-state index contributed by atoms with van der Waals surface area (Å²) < 4.78 is 0. The van der Waals surface area contributed by atoms with Crippen LogP contribution in [0.15, 0.2) is 42.5 Å². The largest absolute Gasteiger partial charge is 0.192 e. The Bertz CT molecular complexity index is 834. The van der Waals surface area contributed by atoms with E-state index < -0.39 is 0 Å². The number of rotatable bonds is 3. The van der Waals surface area contributed by atoms with Crippen LogP contribution in [0.2, 0.25) is 0 Å². The van der Waals surface area contributed by atoms with Crippen molar-refractivity contribution >= 4 is 0 Å². The highest BCUT2D eigenvalue weighted by Gasteiger charge is 2.21. The fraction of sp³-hybridized carbons (Fsp3) is 0.400. The van der Waals surface area contributed by atoms with Crippen LogP contribution in [-0.4, -0.2) is 0 Å². The van der Waals surface area contributed by atoms with Crippen molar-refractivity contribution < 1.29 is 0 Å². The van der Waals surface area contributed by atoms with Gasteiger partial charge in [-0.25, -0.2) is 0 Å². The zero-order valence-electron chi connectivity index (χ0n) is 15.9. The molecule has 1 heteroatoms. The van der Waals surface area contributed by atoms with Gasteiger partial charge in [-0.3, -0.25) is 0 Å². The van der Waals surface area contributed by atoms with Crippen LogP contribution >= 0.6 is 0 Å². The second-order valence-electron chi connectivity index (χ2n) is 7.46. The summed E-state index contributed by atoms with van der Waals surface area (Å²) in [7, 11) is 0. The molecule has 1 aliphatic carbocycles. The van der Waals surface area contributed by atoms with E-state index in [2.05, 4.69) is 68.2 Å². The molecule has 0 spiro atoms. The summed E-state index contributed by atoms with van der Waals surface area (Å²) in [5, 5.41) is 9.34. The SMILES string of the molecule is CCCc1ccc(C#CC2CCC(c3ccc(C)cc3)CC2)cc1C#N. The number of benzene rings is 2. The van der Waals surface area contributed by atoms with Crippen molar-refractivity contribution in [1.82, 2.24) is 0 Å². The maximum atomic E-state index is 9.34. The molecule has 132 valence electrons. The van der Waals surface area contributed by atoms with Crippen molar-refractivity contribution in [2.45, 2.75) is 58.3 Å². The molecule has 3 rings (SSSR count). The third kappa shape index (κ3) is 4.56. The van der Waals surface area contributed by atoms with E-state index in [1.807, 2.05) is 6.07 Å². The van der Waals surface area contributed by atoms with E-state index in [1.165, 1.54) is 36.8 Å². The fourth-order valence-electron chi connectivity index (χ4n) is 3.84. The van der Waals surface area contributed by atoms with Crippen molar-refractivity contribution in [3.05, 3.63) is 70.3 Å². The summed E-state index contributed by atoms with van der Waals surface area (Å²) in [5.41, 5.74) is 5.70. The molecule has 0 aromatic heterocycles. The van der Waals surface area contributed by atoms with E-state index in [4.69, 9.17) is 0 Å². The minimum Gasteiger partial charge on any atom is -0.192 e. The Labute approximate surface area is 158 Å². The fourth-order valence-corrected chi connectivity index (χ4v) is 3.84. The monoisotopic (exact) mass is 341 g/mol. The van der Waals surface area contributed by atoms with Gasteiger partial charge in [0.2, 0.25) is 0 Å². The first-order chi connectivity index (χ1) is 12.7. The lowest BCUT2D eigenvalue weighted by Gasteiger charge is -2.26. The molecular formula is C25H27N. The Balaban J connectivity index is 1.62. The van der Waals surface area contributed by atoms with Crippen LogP contribution in [0.4, 0.5) is 0 Å². The minimum absolute atomic E-state index is 0.484. The Hall–Kier alpha value is -2.51. The zero-order valence-corrected chi connectivity index (χ0v) is 15.9. The average molecular weight is 341 g/mol. The van der Waals surface area contributed by atoms with E-state index in [9.17, 15) is 5.26 Å². The van der Waals surface area contributed by atoms with Crippen LogP contribution in [0, 0.1) is 36.0 Å². The highest BCUT2D eigenvalue weighted by molar-refractivity contribution is 5.46. The second-order valence-corrected chi connectivity index (χ2v) is 7.46. The average Bonchev–Trinajstić information content (AvgIpc) is 2.68. The van der Waals surface area contributed by atoms with Crippen molar-refractivity contribution in [2.75, 3.05) is 0 Å². The van der Waals surface area contributed by atoms with Gasteiger partial charge < -0.3 is 0 Å².